The molecule has 44 heavy (non-hydrogen) atoms. The summed E-state index contributed by atoms with van der Waals surface area (Å²) < 4.78 is 0. The van der Waals surface area contributed by atoms with Gasteiger partial charge in [0, 0.05) is 0 Å². The molecule has 0 aromatic heterocycles. The average Bonchev–Trinajstić information content (AvgIpc) is 3.11. The maximum absolute atomic E-state index is 2.43. The largest absolute Gasteiger partial charge is 0.0622 e. The van der Waals surface area contributed by atoms with Gasteiger partial charge in [0.05, 0.1) is 0 Å². The summed E-state index contributed by atoms with van der Waals surface area (Å²) in [6.07, 6.45) is 0. The standard InChI is InChI=1S/C44H28/c1-3-13-29(14-4-1)33-25-23-31(27-41(33)30-15-5-2-6-16-30)32-24-26-37-36-19-9-11-21-39(36)43-38-20-10-7-17-34(38)35-18-8-12-22-40(35)44(43)42(37)28-32/h1-28H. The molecule has 0 saturated carbocycles. The van der Waals surface area contributed by atoms with E-state index in [0.29, 0.717) is 0 Å². The van der Waals surface area contributed by atoms with E-state index >= 15 is 0 Å². The van der Waals surface area contributed by atoms with Crippen LogP contribution in [0.4, 0.5) is 0 Å². The van der Waals surface area contributed by atoms with Crippen LogP contribution in [0.5, 0.6) is 0 Å². The highest BCUT2D eigenvalue weighted by molar-refractivity contribution is 6.39. The van der Waals surface area contributed by atoms with Crippen LogP contribution in [0.3, 0.4) is 0 Å². The van der Waals surface area contributed by atoms with Crippen molar-refractivity contribution >= 4 is 53.9 Å². The average molecular weight is 557 g/mol. The predicted molar refractivity (Wildman–Crippen MR) is 190 cm³/mol. The zero-order valence-electron chi connectivity index (χ0n) is 24.2. The molecule has 9 rings (SSSR count). The lowest BCUT2D eigenvalue weighted by atomic mass is 9.86. The summed E-state index contributed by atoms with van der Waals surface area (Å²) in [5, 5.41) is 13.1. The van der Waals surface area contributed by atoms with Gasteiger partial charge >= 0.3 is 0 Å². The minimum absolute atomic E-state index is 1.22. The highest BCUT2D eigenvalue weighted by Crippen LogP contribution is 2.45. The van der Waals surface area contributed by atoms with Crippen molar-refractivity contribution in [3.05, 3.63) is 170 Å². The van der Waals surface area contributed by atoms with Crippen LogP contribution in [0, 0.1) is 0 Å². The first-order valence-corrected chi connectivity index (χ1v) is 15.3. The van der Waals surface area contributed by atoms with Crippen molar-refractivity contribution in [1.82, 2.24) is 0 Å². The van der Waals surface area contributed by atoms with E-state index in [9.17, 15) is 0 Å². The highest BCUT2D eigenvalue weighted by Gasteiger charge is 2.17. The molecule has 204 valence electrons. The maximum atomic E-state index is 2.43. The van der Waals surface area contributed by atoms with E-state index in [1.807, 2.05) is 0 Å². The highest BCUT2D eigenvalue weighted by atomic mass is 14.2. The fraction of sp³-hybridized carbons (Fsp3) is 0. The second-order valence-corrected chi connectivity index (χ2v) is 11.6. The molecular formula is C44H28. The van der Waals surface area contributed by atoms with Gasteiger partial charge in [-0.05, 0) is 99.4 Å². The van der Waals surface area contributed by atoms with Gasteiger partial charge in [-0.15, -0.1) is 0 Å². The Balaban J connectivity index is 1.39. The Morgan fingerprint density at radius 3 is 1.14 bits per heavy atom. The van der Waals surface area contributed by atoms with Gasteiger partial charge < -0.3 is 0 Å². The Morgan fingerprint density at radius 2 is 0.591 bits per heavy atom. The van der Waals surface area contributed by atoms with E-state index < -0.39 is 0 Å². The van der Waals surface area contributed by atoms with E-state index in [-0.39, 0.29) is 0 Å². The Kier molecular flexibility index (Phi) is 5.61. The Morgan fingerprint density at radius 1 is 0.205 bits per heavy atom. The first-order valence-electron chi connectivity index (χ1n) is 15.3. The molecule has 0 aliphatic rings. The van der Waals surface area contributed by atoms with Crippen LogP contribution >= 0.6 is 0 Å². The molecule has 0 atom stereocenters. The molecule has 0 heterocycles. The minimum Gasteiger partial charge on any atom is -0.0622 e. The molecular weight excluding hydrogens is 528 g/mol. The molecule has 0 radical (unpaired) electrons. The third-order valence-electron chi connectivity index (χ3n) is 9.23. The first kappa shape index (κ1) is 24.8. The van der Waals surface area contributed by atoms with Crippen molar-refractivity contribution < 1.29 is 0 Å². The van der Waals surface area contributed by atoms with Crippen LogP contribution in [0.25, 0.3) is 87.2 Å². The molecule has 0 bridgehead atoms. The van der Waals surface area contributed by atoms with Gasteiger partial charge in [-0.25, -0.2) is 0 Å². The van der Waals surface area contributed by atoms with E-state index in [1.165, 1.54) is 87.2 Å². The third-order valence-corrected chi connectivity index (χ3v) is 9.23. The Labute approximate surface area is 256 Å². The van der Waals surface area contributed by atoms with Crippen LogP contribution in [-0.4, -0.2) is 0 Å². The zero-order valence-corrected chi connectivity index (χ0v) is 24.2. The lowest BCUT2D eigenvalue weighted by Gasteiger charge is -2.17. The Hall–Kier alpha value is -5.72. The number of hydrogen-bond donors (Lipinski definition) is 0. The van der Waals surface area contributed by atoms with E-state index in [0.717, 1.165) is 0 Å². The summed E-state index contributed by atoms with van der Waals surface area (Å²) in [7, 11) is 0. The summed E-state index contributed by atoms with van der Waals surface area (Å²) >= 11 is 0. The number of hydrogen-bond acceptors (Lipinski definition) is 0. The number of rotatable bonds is 3. The van der Waals surface area contributed by atoms with E-state index in [1.54, 1.807) is 0 Å². The lowest BCUT2D eigenvalue weighted by Crippen LogP contribution is -1.90. The summed E-state index contributed by atoms with van der Waals surface area (Å²) in [6.45, 7) is 0. The minimum atomic E-state index is 1.22. The second kappa shape index (κ2) is 9.93. The van der Waals surface area contributed by atoms with Gasteiger partial charge in [-0.3, -0.25) is 0 Å². The van der Waals surface area contributed by atoms with Crippen LogP contribution in [0.2, 0.25) is 0 Å². The summed E-state index contributed by atoms with van der Waals surface area (Å²) in [5.74, 6) is 0. The monoisotopic (exact) mass is 556 g/mol. The van der Waals surface area contributed by atoms with Crippen LogP contribution in [0.15, 0.2) is 170 Å². The quantitative estimate of drug-likeness (QED) is 0.190. The topological polar surface area (TPSA) is 0 Å². The van der Waals surface area contributed by atoms with Crippen LogP contribution < -0.4 is 0 Å². The van der Waals surface area contributed by atoms with Crippen LogP contribution in [-0.2, 0) is 0 Å². The fourth-order valence-corrected chi connectivity index (χ4v) is 7.25. The summed E-state index contributed by atoms with van der Waals surface area (Å²) in [4.78, 5) is 0. The zero-order chi connectivity index (χ0) is 29.0. The lowest BCUT2D eigenvalue weighted by molar-refractivity contribution is 1.57. The van der Waals surface area contributed by atoms with Crippen molar-refractivity contribution in [2.24, 2.45) is 0 Å². The molecule has 0 amide bonds. The number of benzene rings is 9. The smallest absolute Gasteiger partial charge is 0.00137 e. The number of fused-ring (bicyclic) bond motifs is 11. The van der Waals surface area contributed by atoms with Crippen molar-refractivity contribution in [3.63, 3.8) is 0 Å². The first-order chi connectivity index (χ1) is 21.8. The summed E-state index contributed by atoms with van der Waals surface area (Å²) in [5.41, 5.74) is 7.39. The molecule has 0 aliphatic heterocycles. The molecule has 0 fully saturated rings. The molecule has 9 aromatic carbocycles. The molecule has 0 aliphatic carbocycles. The third kappa shape index (κ3) is 3.78. The van der Waals surface area contributed by atoms with Crippen molar-refractivity contribution in [2.45, 2.75) is 0 Å². The Bertz CT molecular complexity index is 2510. The second-order valence-electron chi connectivity index (χ2n) is 11.6. The summed E-state index contributed by atoms with van der Waals surface area (Å²) in [6, 6.07) is 62.2. The van der Waals surface area contributed by atoms with Gasteiger partial charge in [-0.2, -0.15) is 0 Å². The van der Waals surface area contributed by atoms with Gasteiger partial charge in [0.1, 0.15) is 0 Å². The molecule has 9 aromatic rings. The van der Waals surface area contributed by atoms with Crippen molar-refractivity contribution in [3.8, 4) is 33.4 Å². The molecule has 0 N–H and O–H groups in total. The maximum Gasteiger partial charge on any atom is -0.00137 e. The molecule has 0 nitrogen and oxygen atoms in total. The van der Waals surface area contributed by atoms with Gasteiger partial charge in [-0.1, -0.05) is 158 Å². The van der Waals surface area contributed by atoms with E-state index in [2.05, 4.69) is 170 Å². The molecule has 0 saturated heterocycles. The molecule has 0 spiro atoms. The predicted octanol–water partition coefficient (Wildman–Crippen LogP) is 12.5. The SMILES string of the molecule is c1ccc(-c2ccc(-c3ccc4c5ccccc5c5c6ccccc6c6ccccc6c5c4c3)cc2-c2ccccc2)cc1. The molecule has 0 heteroatoms. The van der Waals surface area contributed by atoms with Gasteiger partial charge in [0.15, 0.2) is 0 Å². The van der Waals surface area contributed by atoms with E-state index in [4.69, 9.17) is 0 Å². The molecule has 0 unspecified atom stereocenters. The van der Waals surface area contributed by atoms with Crippen molar-refractivity contribution in [1.29, 1.82) is 0 Å². The normalized spacial score (nSPS) is 11.6. The van der Waals surface area contributed by atoms with Crippen molar-refractivity contribution in [2.75, 3.05) is 0 Å². The fourth-order valence-electron chi connectivity index (χ4n) is 7.25. The van der Waals surface area contributed by atoms with Gasteiger partial charge in [0.25, 0.3) is 0 Å². The van der Waals surface area contributed by atoms with Gasteiger partial charge in [0.2, 0.25) is 0 Å². The van der Waals surface area contributed by atoms with Crippen LogP contribution in [0.1, 0.15) is 0 Å².